The summed E-state index contributed by atoms with van der Waals surface area (Å²) in [5, 5.41) is 8.98. The Kier molecular flexibility index (Phi) is 2.71. The summed E-state index contributed by atoms with van der Waals surface area (Å²) in [4.78, 5) is 2.10. The molecule has 1 aromatic carbocycles. The van der Waals surface area contributed by atoms with E-state index in [1.165, 1.54) is 0 Å². The van der Waals surface area contributed by atoms with E-state index in [2.05, 4.69) is 11.0 Å². The van der Waals surface area contributed by atoms with Gasteiger partial charge >= 0.3 is 0 Å². The summed E-state index contributed by atoms with van der Waals surface area (Å²) in [6, 6.07) is 9.96. The number of benzene rings is 1. The molecule has 1 aliphatic heterocycles. The monoisotopic (exact) mass is 217 g/mol. The highest BCUT2D eigenvalue weighted by molar-refractivity contribution is 5.59. The van der Waals surface area contributed by atoms with E-state index >= 15 is 0 Å². The number of rotatable bonds is 2. The Hall–Kier alpha value is -1.73. The van der Waals surface area contributed by atoms with Crippen molar-refractivity contribution in [2.24, 2.45) is 5.73 Å². The van der Waals surface area contributed by atoms with Crippen LogP contribution in [0, 0.1) is 11.3 Å². The Bertz CT molecular complexity index is 427. The smallest absolute Gasteiger partial charge is 0.142 e. The molecule has 1 heterocycles. The number of para-hydroxylation sites is 2. The van der Waals surface area contributed by atoms with Crippen LogP contribution >= 0.6 is 0 Å². The van der Waals surface area contributed by atoms with E-state index < -0.39 is 5.54 Å². The second-order valence-corrected chi connectivity index (χ2v) is 4.11. The zero-order valence-electron chi connectivity index (χ0n) is 9.31. The largest absolute Gasteiger partial charge is 0.495 e. The number of nitriles is 1. The van der Waals surface area contributed by atoms with Crippen LogP contribution in [-0.2, 0) is 0 Å². The third kappa shape index (κ3) is 1.82. The fourth-order valence-electron chi connectivity index (χ4n) is 2.02. The lowest BCUT2D eigenvalue weighted by atomic mass is 10.0. The van der Waals surface area contributed by atoms with Crippen molar-refractivity contribution in [3.8, 4) is 11.8 Å². The Labute approximate surface area is 95.2 Å². The number of methoxy groups -OCH3 is 1. The molecule has 1 aliphatic rings. The normalized spacial score (nSPS) is 24.2. The average molecular weight is 217 g/mol. The lowest BCUT2D eigenvalue weighted by molar-refractivity contribution is 0.414. The molecule has 0 radical (unpaired) electrons. The van der Waals surface area contributed by atoms with Crippen molar-refractivity contribution in [2.75, 3.05) is 25.1 Å². The number of hydrogen-bond donors (Lipinski definition) is 1. The van der Waals surface area contributed by atoms with Crippen molar-refractivity contribution in [1.82, 2.24) is 0 Å². The maximum atomic E-state index is 8.98. The fraction of sp³-hybridized carbons (Fsp3) is 0.417. The van der Waals surface area contributed by atoms with E-state index in [-0.39, 0.29) is 0 Å². The van der Waals surface area contributed by atoms with Gasteiger partial charge in [0.05, 0.1) is 18.9 Å². The van der Waals surface area contributed by atoms with Gasteiger partial charge in [-0.3, -0.25) is 0 Å². The first-order valence-corrected chi connectivity index (χ1v) is 5.27. The molecule has 1 atom stereocenters. The molecule has 1 fully saturated rings. The van der Waals surface area contributed by atoms with Crippen LogP contribution in [0.1, 0.15) is 6.42 Å². The Morgan fingerprint density at radius 1 is 1.50 bits per heavy atom. The highest BCUT2D eigenvalue weighted by atomic mass is 16.5. The van der Waals surface area contributed by atoms with Gasteiger partial charge in [0.25, 0.3) is 0 Å². The zero-order chi connectivity index (χ0) is 11.6. The standard InChI is InChI=1S/C12H15N3O/c1-16-11-5-3-2-4-10(11)15-7-6-12(14,8-13)9-15/h2-5H,6-7,9,14H2,1H3. The molecule has 2 N–H and O–H groups in total. The molecule has 0 spiro atoms. The van der Waals surface area contributed by atoms with Gasteiger partial charge < -0.3 is 15.4 Å². The highest BCUT2D eigenvalue weighted by Crippen LogP contribution is 2.32. The third-order valence-corrected chi connectivity index (χ3v) is 2.95. The van der Waals surface area contributed by atoms with E-state index in [1.54, 1.807) is 7.11 Å². The maximum absolute atomic E-state index is 8.98. The average Bonchev–Trinajstić information content (AvgIpc) is 2.73. The Balaban J connectivity index is 2.24. The van der Waals surface area contributed by atoms with Gasteiger partial charge in [-0.2, -0.15) is 5.26 Å². The molecule has 1 aromatic rings. The van der Waals surface area contributed by atoms with Gasteiger partial charge in [0.2, 0.25) is 0 Å². The van der Waals surface area contributed by atoms with Crippen LogP contribution in [0.3, 0.4) is 0 Å². The van der Waals surface area contributed by atoms with Gasteiger partial charge in [0.1, 0.15) is 11.3 Å². The Morgan fingerprint density at radius 2 is 2.25 bits per heavy atom. The van der Waals surface area contributed by atoms with Crippen LogP contribution in [0.15, 0.2) is 24.3 Å². The summed E-state index contributed by atoms with van der Waals surface area (Å²) >= 11 is 0. The SMILES string of the molecule is COc1ccccc1N1CCC(N)(C#N)C1. The predicted octanol–water partition coefficient (Wildman–Crippen LogP) is 1.13. The van der Waals surface area contributed by atoms with Crippen LogP contribution < -0.4 is 15.4 Å². The minimum Gasteiger partial charge on any atom is -0.495 e. The van der Waals surface area contributed by atoms with Gasteiger partial charge in [-0.05, 0) is 18.6 Å². The molecule has 2 rings (SSSR count). The quantitative estimate of drug-likeness (QED) is 0.806. The molecule has 84 valence electrons. The first-order valence-electron chi connectivity index (χ1n) is 5.27. The number of hydrogen-bond acceptors (Lipinski definition) is 4. The summed E-state index contributed by atoms with van der Waals surface area (Å²) in [6.45, 7) is 1.36. The molecule has 4 heteroatoms. The van der Waals surface area contributed by atoms with Crippen LogP contribution in [0.2, 0.25) is 0 Å². The Morgan fingerprint density at radius 3 is 2.88 bits per heavy atom. The number of nitrogens with zero attached hydrogens (tertiary/aromatic N) is 2. The fourth-order valence-corrected chi connectivity index (χ4v) is 2.02. The molecule has 1 saturated heterocycles. The molecule has 0 saturated carbocycles. The van der Waals surface area contributed by atoms with E-state index in [0.29, 0.717) is 13.0 Å². The van der Waals surface area contributed by atoms with Crippen molar-refractivity contribution in [3.05, 3.63) is 24.3 Å². The second-order valence-electron chi connectivity index (χ2n) is 4.11. The van der Waals surface area contributed by atoms with Gasteiger partial charge in [-0.1, -0.05) is 12.1 Å². The lowest BCUT2D eigenvalue weighted by Crippen LogP contribution is -2.41. The van der Waals surface area contributed by atoms with E-state index in [0.717, 1.165) is 18.0 Å². The van der Waals surface area contributed by atoms with Crippen LogP contribution in [0.25, 0.3) is 0 Å². The van der Waals surface area contributed by atoms with Crippen molar-refractivity contribution < 1.29 is 4.74 Å². The summed E-state index contributed by atoms with van der Waals surface area (Å²) < 4.78 is 5.29. The second kappa shape index (κ2) is 4.03. The first-order chi connectivity index (χ1) is 7.68. The number of ether oxygens (including phenoxy) is 1. The van der Waals surface area contributed by atoms with Crippen molar-refractivity contribution in [1.29, 1.82) is 5.26 Å². The minimum atomic E-state index is -0.721. The molecule has 0 amide bonds. The molecule has 16 heavy (non-hydrogen) atoms. The van der Waals surface area contributed by atoms with Crippen molar-refractivity contribution >= 4 is 5.69 Å². The van der Waals surface area contributed by atoms with Gasteiger partial charge in [-0.25, -0.2) is 0 Å². The van der Waals surface area contributed by atoms with E-state index in [4.69, 9.17) is 15.7 Å². The van der Waals surface area contributed by atoms with Gasteiger partial charge in [-0.15, -0.1) is 0 Å². The zero-order valence-corrected chi connectivity index (χ0v) is 9.31. The topological polar surface area (TPSA) is 62.3 Å². The van der Waals surface area contributed by atoms with Crippen molar-refractivity contribution in [3.63, 3.8) is 0 Å². The predicted molar refractivity (Wildman–Crippen MR) is 62.4 cm³/mol. The molecule has 0 bridgehead atoms. The molecular formula is C12H15N3O. The molecular weight excluding hydrogens is 202 g/mol. The number of anilines is 1. The summed E-state index contributed by atoms with van der Waals surface area (Å²) in [7, 11) is 1.65. The molecule has 0 aromatic heterocycles. The van der Waals surface area contributed by atoms with Crippen LogP contribution in [0.4, 0.5) is 5.69 Å². The van der Waals surface area contributed by atoms with E-state index in [1.807, 2.05) is 24.3 Å². The third-order valence-electron chi connectivity index (χ3n) is 2.95. The molecule has 4 nitrogen and oxygen atoms in total. The van der Waals surface area contributed by atoms with Crippen LogP contribution in [-0.4, -0.2) is 25.7 Å². The molecule has 1 unspecified atom stereocenters. The lowest BCUT2D eigenvalue weighted by Gasteiger charge is -2.22. The number of nitrogens with two attached hydrogens (primary N) is 1. The maximum Gasteiger partial charge on any atom is 0.142 e. The van der Waals surface area contributed by atoms with E-state index in [9.17, 15) is 0 Å². The summed E-state index contributed by atoms with van der Waals surface area (Å²) in [6.07, 6.45) is 0.696. The van der Waals surface area contributed by atoms with Crippen molar-refractivity contribution in [2.45, 2.75) is 12.0 Å². The highest BCUT2D eigenvalue weighted by Gasteiger charge is 2.35. The minimum absolute atomic E-state index is 0.559. The summed E-state index contributed by atoms with van der Waals surface area (Å²) in [5.41, 5.74) is 6.22. The first kappa shape index (κ1) is 10.8. The van der Waals surface area contributed by atoms with Gasteiger partial charge in [0.15, 0.2) is 0 Å². The molecule has 0 aliphatic carbocycles. The van der Waals surface area contributed by atoms with Gasteiger partial charge in [0, 0.05) is 13.1 Å². The summed E-state index contributed by atoms with van der Waals surface area (Å²) in [5.74, 6) is 0.824. The van der Waals surface area contributed by atoms with Crippen LogP contribution in [0.5, 0.6) is 5.75 Å².